The number of benzene rings is 2. The van der Waals surface area contributed by atoms with E-state index in [1.807, 2.05) is 36.4 Å². The van der Waals surface area contributed by atoms with Gasteiger partial charge in [0.1, 0.15) is 0 Å². The lowest BCUT2D eigenvalue weighted by molar-refractivity contribution is -0.119. The molecular weight excluding hydrogens is 364 g/mol. The first-order valence-corrected chi connectivity index (χ1v) is 10.2. The first-order chi connectivity index (χ1) is 14.2. The molecule has 0 spiro atoms. The summed E-state index contributed by atoms with van der Waals surface area (Å²) in [6.07, 6.45) is 5.99. The highest BCUT2D eigenvalue weighted by atomic mass is 16.5. The number of nitrogens with zero attached hydrogens (tertiary/aromatic N) is 1. The van der Waals surface area contributed by atoms with Crippen LogP contribution in [0.3, 0.4) is 0 Å². The molecule has 5 heteroatoms. The van der Waals surface area contributed by atoms with E-state index in [9.17, 15) is 9.59 Å². The largest absolute Gasteiger partial charge is 0.452 e. The number of aryl methyl sites for hydroxylation is 3. The molecule has 1 N–H and O–H groups in total. The quantitative estimate of drug-likeness (QED) is 0.688. The van der Waals surface area contributed by atoms with Gasteiger partial charge in [-0.3, -0.25) is 9.78 Å². The molecule has 0 bridgehead atoms. The topological polar surface area (TPSA) is 68.3 Å². The molecule has 146 valence electrons. The van der Waals surface area contributed by atoms with Crippen molar-refractivity contribution in [1.29, 1.82) is 0 Å². The minimum Gasteiger partial charge on any atom is -0.452 e. The van der Waals surface area contributed by atoms with Crippen LogP contribution in [0.25, 0.3) is 10.9 Å². The third-order valence-corrected chi connectivity index (χ3v) is 5.84. The van der Waals surface area contributed by atoms with Crippen molar-refractivity contribution in [3.63, 3.8) is 0 Å². The summed E-state index contributed by atoms with van der Waals surface area (Å²) in [7, 11) is 0. The maximum Gasteiger partial charge on any atom is 0.339 e. The molecule has 0 aliphatic heterocycles. The summed E-state index contributed by atoms with van der Waals surface area (Å²) >= 11 is 0. The number of hydrogen-bond donors (Lipinski definition) is 1. The van der Waals surface area contributed by atoms with Crippen molar-refractivity contribution in [2.24, 2.45) is 0 Å². The van der Waals surface area contributed by atoms with E-state index >= 15 is 0 Å². The number of rotatable bonds is 4. The molecule has 2 aromatic carbocycles. The minimum atomic E-state index is -0.453. The highest BCUT2D eigenvalue weighted by molar-refractivity contribution is 6.06. The van der Waals surface area contributed by atoms with E-state index in [2.05, 4.69) is 11.4 Å². The Bertz CT molecular complexity index is 1140. The lowest BCUT2D eigenvalue weighted by Gasteiger charge is -2.12. The van der Waals surface area contributed by atoms with Crippen molar-refractivity contribution < 1.29 is 14.3 Å². The SMILES string of the molecule is O=C(COC(=O)c1c2c(nc3ccccc13)CCC2)Nc1ccc2c(c1)CCC2. The maximum absolute atomic E-state index is 12.9. The molecule has 2 aliphatic carbocycles. The summed E-state index contributed by atoms with van der Waals surface area (Å²) in [5.41, 5.74) is 6.69. The molecule has 3 aromatic rings. The van der Waals surface area contributed by atoms with Gasteiger partial charge in [0.2, 0.25) is 0 Å². The van der Waals surface area contributed by atoms with Gasteiger partial charge in [-0.25, -0.2) is 4.79 Å². The number of para-hydroxylation sites is 1. The van der Waals surface area contributed by atoms with Crippen molar-refractivity contribution in [2.45, 2.75) is 38.5 Å². The molecular formula is C24H22N2O3. The molecule has 5 rings (SSSR count). The molecule has 0 saturated heterocycles. The van der Waals surface area contributed by atoms with Gasteiger partial charge in [-0.05, 0) is 73.4 Å². The summed E-state index contributed by atoms with van der Waals surface area (Å²) in [4.78, 5) is 29.9. The van der Waals surface area contributed by atoms with Crippen molar-refractivity contribution in [2.75, 3.05) is 11.9 Å². The van der Waals surface area contributed by atoms with Gasteiger partial charge in [0.05, 0.1) is 11.1 Å². The van der Waals surface area contributed by atoms with E-state index in [1.165, 1.54) is 11.1 Å². The Balaban J connectivity index is 1.32. The molecule has 5 nitrogen and oxygen atoms in total. The Morgan fingerprint density at radius 2 is 1.79 bits per heavy atom. The lowest BCUT2D eigenvalue weighted by Crippen LogP contribution is -2.22. The molecule has 0 unspecified atom stereocenters. The number of esters is 1. The van der Waals surface area contributed by atoms with Crippen LogP contribution in [-0.4, -0.2) is 23.5 Å². The fourth-order valence-electron chi connectivity index (χ4n) is 4.49. The third kappa shape index (κ3) is 3.37. The average Bonchev–Trinajstić information content (AvgIpc) is 3.38. The predicted molar refractivity (Wildman–Crippen MR) is 111 cm³/mol. The van der Waals surface area contributed by atoms with E-state index in [-0.39, 0.29) is 12.5 Å². The Kier molecular flexibility index (Phi) is 4.51. The molecule has 0 atom stereocenters. The second-order valence-electron chi connectivity index (χ2n) is 7.74. The van der Waals surface area contributed by atoms with Crippen LogP contribution < -0.4 is 5.32 Å². The zero-order valence-electron chi connectivity index (χ0n) is 16.2. The molecule has 2 aliphatic rings. The number of anilines is 1. The number of aromatic nitrogens is 1. The fraction of sp³-hybridized carbons (Fsp3) is 0.292. The van der Waals surface area contributed by atoms with Gasteiger partial charge in [0, 0.05) is 16.8 Å². The summed E-state index contributed by atoms with van der Waals surface area (Å²) < 4.78 is 5.41. The summed E-state index contributed by atoms with van der Waals surface area (Å²) in [5, 5.41) is 3.63. The van der Waals surface area contributed by atoms with Crippen molar-refractivity contribution in [3.8, 4) is 0 Å². The number of pyridine rings is 1. The zero-order valence-corrected chi connectivity index (χ0v) is 16.2. The summed E-state index contributed by atoms with van der Waals surface area (Å²) in [6, 6.07) is 13.6. The Morgan fingerprint density at radius 1 is 0.966 bits per heavy atom. The maximum atomic E-state index is 12.9. The van der Waals surface area contributed by atoms with Crippen LogP contribution in [0.1, 0.15) is 45.6 Å². The molecule has 0 radical (unpaired) electrons. The van der Waals surface area contributed by atoms with Gasteiger partial charge < -0.3 is 10.1 Å². The molecule has 1 heterocycles. The number of nitrogens with one attached hydrogen (secondary N) is 1. The van der Waals surface area contributed by atoms with Gasteiger partial charge in [-0.15, -0.1) is 0 Å². The Morgan fingerprint density at radius 3 is 2.72 bits per heavy atom. The Labute approximate surface area is 169 Å². The molecule has 29 heavy (non-hydrogen) atoms. The van der Waals surface area contributed by atoms with Crippen LogP contribution in [0.5, 0.6) is 0 Å². The van der Waals surface area contributed by atoms with Crippen LogP contribution >= 0.6 is 0 Å². The van der Waals surface area contributed by atoms with E-state index in [0.717, 1.165) is 66.4 Å². The second-order valence-corrected chi connectivity index (χ2v) is 7.74. The highest BCUT2D eigenvalue weighted by Crippen LogP contribution is 2.30. The summed E-state index contributed by atoms with van der Waals surface area (Å²) in [5.74, 6) is -0.780. The van der Waals surface area contributed by atoms with Crippen LogP contribution in [-0.2, 0) is 35.2 Å². The van der Waals surface area contributed by atoms with Crippen molar-refractivity contribution in [1.82, 2.24) is 4.98 Å². The van der Waals surface area contributed by atoms with Crippen LogP contribution in [0.15, 0.2) is 42.5 Å². The smallest absolute Gasteiger partial charge is 0.339 e. The van der Waals surface area contributed by atoms with Crippen LogP contribution in [0.2, 0.25) is 0 Å². The van der Waals surface area contributed by atoms with Gasteiger partial charge in [0.15, 0.2) is 6.61 Å². The van der Waals surface area contributed by atoms with Crippen LogP contribution in [0, 0.1) is 0 Å². The number of ether oxygens (including phenoxy) is 1. The van der Waals surface area contributed by atoms with Crippen LogP contribution in [0.4, 0.5) is 5.69 Å². The Hall–Kier alpha value is -3.21. The molecule has 0 fully saturated rings. The first kappa shape index (κ1) is 17.9. The number of carbonyl (C=O) groups is 2. The zero-order chi connectivity index (χ0) is 19.8. The number of hydrogen-bond acceptors (Lipinski definition) is 4. The minimum absolute atomic E-state index is 0.304. The number of amides is 1. The molecule has 0 saturated carbocycles. The van der Waals surface area contributed by atoms with E-state index in [1.54, 1.807) is 0 Å². The number of fused-ring (bicyclic) bond motifs is 3. The average molecular weight is 386 g/mol. The van der Waals surface area contributed by atoms with Crippen molar-refractivity contribution >= 4 is 28.5 Å². The van der Waals surface area contributed by atoms with Gasteiger partial charge in [-0.1, -0.05) is 24.3 Å². The second kappa shape index (κ2) is 7.32. The summed E-state index contributed by atoms with van der Waals surface area (Å²) in [6.45, 7) is -0.304. The van der Waals surface area contributed by atoms with Gasteiger partial charge in [-0.2, -0.15) is 0 Å². The van der Waals surface area contributed by atoms with Gasteiger partial charge >= 0.3 is 5.97 Å². The standard InChI is InChI=1S/C24H22N2O3/c27-22(25-17-12-11-15-5-3-6-16(15)13-17)14-29-24(28)23-18-7-1-2-9-20(18)26-21-10-4-8-19(21)23/h1-2,7,9,11-13H,3-6,8,10,14H2,(H,25,27). The third-order valence-electron chi connectivity index (χ3n) is 5.84. The van der Waals surface area contributed by atoms with Gasteiger partial charge in [0.25, 0.3) is 5.91 Å². The first-order valence-electron chi connectivity index (χ1n) is 10.2. The van der Waals surface area contributed by atoms with E-state index in [0.29, 0.717) is 5.56 Å². The van der Waals surface area contributed by atoms with Crippen molar-refractivity contribution in [3.05, 3.63) is 70.4 Å². The monoisotopic (exact) mass is 386 g/mol. The van der Waals surface area contributed by atoms with E-state index < -0.39 is 5.97 Å². The fourth-order valence-corrected chi connectivity index (χ4v) is 4.49. The molecule has 1 amide bonds. The molecule has 1 aromatic heterocycles. The van der Waals surface area contributed by atoms with E-state index in [4.69, 9.17) is 9.72 Å². The normalized spacial score (nSPS) is 14.5. The predicted octanol–water partition coefficient (Wildman–Crippen LogP) is 4.01. The number of carbonyl (C=O) groups excluding carboxylic acids is 2. The highest BCUT2D eigenvalue weighted by Gasteiger charge is 2.25. The lowest BCUT2D eigenvalue weighted by atomic mass is 10.0.